The number of allylic oxidation sites excluding steroid dienone is 2. The zero-order chi connectivity index (χ0) is 22.7. The number of esters is 1. The summed E-state index contributed by atoms with van der Waals surface area (Å²) >= 11 is 7.26. The number of halogens is 1. The fraction of sp³-hybridized carbons (Fsp3) is 0.160. The van der Waals surface area contributed by atoms with Crippen molar-refractivity contribution in [2.45, 2.75) is 19.9 Å². The highest BCUT2D eigenvalue weighted by molar-refractivity contribution is 7.07. The molecule has 0 radical (unpaired) electrons. The SMILES string of the molecule is CCOC(=O)C1=C(C)N=c2s/c(=C\c3ccc(Cl)cc3)c(=O)n2[C@@H]1/C=C/c1ccccc1. The first kappa shape index (κ1) is 22.0. The summed E-state index contributed by atoms with van der Waals surface area (Å²) in [7, 11) is 0. The summed E-state index contributed by atoms with van der Waals surface area (Å²) in [5.41, 5.74) is 2.53. The van der Waals surface area contributed by atoms with Gasteiger partial charge in [-0.1, -0.05) is 77.6 Å². The van der Waals surface area contributed by atoms with E-state index < -0.39 is 12.0 Å². The Morgan fingerprint density at radius 1 is 1.16 bits per heavy atom. The molecule has 0 spiro atoms. The van der Waals surface area contributed by atoms with Crippen molar-refractivity contribution in [3.8, 4) is 0 Å². The number of fused-ring (bicyclic) bond motifs is 1. The molecule has 0 aliphatic carbocycles. The molecule has 2 aromatic carbocycles. The lowest BCUT2D eigenvalue weighted by molar-refractivity contribution is -0.139. The third-order valence-electron chi connectivity index (χ3n) is 5.00. The van der Waals surface area contributed by atoms with Crippen LogP contribution in [0.25, 0.3) is 12.2 Å². The van der Waals surface area contributed by atoms with Crippen molar-refractivity contribution in [2.24, 2.45) is 4.99 Å². The highest BCUT2D eigenvalue weighted by atomic mass is 35.5. The van der Waals surface area contributed by atoms with Crippen LogP contribution >= 0.6 is 22.9 Å². The number of nitrogens with zero attached hydrogens (tertiary/aromatic N) is 2. The molecule has 0 bridgehead atoms. The van der Waals surface area contributed by atoms with Gasteiger partial charge in [0.15, 0.2) is 4.80 Å². The van der Waals surface area contributed by atoms with Crippen molar-refractivity contribution in [3.05, 3.63) is 108 Å². The topological polar surface area (TPSA) is 60.7 Å². The van der Waals surface area contributed by atoms with E-state index in [1.54, 1.807) is 30.5 Å². The Balaban J connectivity index is 1.87. The molecule has 1 atom stereocenters. The third kappa shape index (κ3) is 4.52. The molecule has 4 rings (SSSR count). The van der Waals surface area contributed by atoms with Gasteiger partial charge in [0.1, 0.15) is 0 Å². The molecule has 0 N–H and O–H groups in total. The van der Waals surface area contributed by atoms with Gasteiger partial charge in [-0.05, 0) is 43.2 Å². The maximum atomic E-state index is 13.4. The number of carbonyl (C=O) groups excluding carboxylic acids is 1. The average molecular weight is 465 g/mol. The monoisotopic (exact) mass is 464 g/mol. The molecule has 3 aromatic rings. The van der Waals surface area contributed by atoms with E-state index in [0.29, 0.717) is 25.6 Å². The molecule has 2 heterocycles. The van der Waals surface area contributed by atoms with Crippen molar-refractivity contribution >= 4 is 41.1 Å². The molecule has 1 aromatic heterocycles. The number of aromatic nitrogens is 1. The average Bonchev–Trinajstić information content (AvgIpc) is 3.09. The number of thiazole rings is 1. The number of benzene rings is 2. The zero-order valence-corrected chi connectivity index (χ0v) is 19.2. The molecule has 0 saturated heterocycles. The summed E-state index contributed by atoms with van der Waals surface area (Å²) < 4.78 is 7.37. The summed E-state index contributed by atoms with van der Waals surface area (Å²) in [5, 5.41) is 0.629. The lowest BCUT2D eigenvalue weighted by Gasteiger charge is -2.21. The fourth-order valence-electron chi connectivity index (χ4n) is 3.49. The van der Waals surface area contributed by atoms with E-state index in [9.17, 15) is 9.59 Å². The van der Waals surface area contributed by atoms with Gasteiger partial charge in [0.2, 0.25) is 0 Å². The summed E-state index contributed by atoms with van der Waals surface area (Å²) in [6.07, 6.45) is 5.56. The fourth-order valence-corrected chi connectivity index (χ4v) is 4.67. The predicted octanol–water partition coefficient (Wildman–Crippen LogP) is 4.12. The van der Waals surface area contributed by atoms with Crippen molar-refractivity contribution in [1.29, 1.82) is 0 Å². The van der Waals surface area contributed by atoms with Crippen molar-refractivity contribution < 1.29 is 9.53 Å². The Bertz CT molecular complexity index is 1380. The normalized spacial score (nSPS) is 16.2. The second kappa shape index (κ2) is 9.51. The minimum Gasteiger partial charge on any atom is -0.463 e. The van der Waals surface area contributed by atoms with Crippen LogP contribution < -0.4 is 14.9 Å². The molecule has 32 heavy (non-hydrogen) atoms. The van der Waals surface area contributed by atoms with E-state index in [4.69, 9.17) is 16.3 Å². The molecule has 1 aliphatic rings. The largest absolute Gasteiger partial charge is 0.463 e. The van der Waals surface area contributed by atoms with E-state index in [0.717, 1.165) is 11.1 Å². The van der Waals surface area contributed by atoms with Crippen LogP contribution in [-0.4, -0.2) is 17.1 Å². The van der Waals surface area contributed by atoms with E-state index in [-0.39, 0.29) is 12.2 Å². The molecule has 0 amide bonds. The Hall–Kier alpha value is -3.22. The van der Waals surface area contributed by atoms with Crippen LogP contribution in [0.4, 0.5) is 0 Å². The second-order valence-electron chi connectivity index (χ2n) is 7.17. The first-order valence-electron chi connectivity index (χ1n) is 10.2. The van der Waals surface area contributed by atoms with E-state index in [2.05, 4.69) is 4.99 Å². The molecular weight excluding hydrogens is 444 g/mol. The standard InChI is InChI=1S/C25H21ClN2O3S/c1-3-31-24(30)22-16(2)27-25-28(20(22)14-11-17-7-5-4-6-8-17)23(29)21(32-25)15-18-9-12-19(26)13-10-18/h4-15,20H,3H2,1-2H3/b14-11+,21-15-/t20-/m1/s1. The molecule has 5 nitrogen and oxygen atoms in total. The summed E-state index contributed by atoms with van der Waals surface area (Å²) in [6.45, 7) is 3.77. The molecule has 7 heteroatoms. The van der Waals surface area contributed by atoms with Gasteiger partial charge in [-0.15, -0.1) is 0 Å². The van der Waals surface area contributed by atoms with Crippen LogP contribution in [0.15, 0.2) is 81.7 Å². The lowest BCUT2D eigenvalue weighted by atomic mass is 10.0. The molecular formula is C25H21ClN2O3S. The highest BCUT2D eigenvalue weighted by Gasteiger charge is 2.30. The number of rotatable bonds is 5. The minimum absolute atomic E-state index is 0.208. The Kier molecular flexibility index (Phi) is 6.53. The van der Waals surface area contributed by atoms with Gasteiger partial charge in [0, 0.05) is 5.02 Å². The Morgan fingerprint density at radius 2 is 1.88 bits per heavy atom. The van der Waals surface area contributed by atoms with Gasteiger partial charge in [-0.3, -0.25) is 9.36 Å². The molecule has 162 valence electrons. The number of ether oxygens (including phenoxy) is 1. The van der Waals surface area contributed by atoms with Crippen LogP contribution in [0, 0.1) is 0 Å². The molecule has 0 saturated carbocycles. The first-order chi connectivity index (χ1) is 15.5. The van der Waals surface area contributed by atoms with Gasteiger partial charge in [-0.25, -0.2) is 9.79 Å². The van der Waals surface area contributed by atoms with Gasteiger partial charge in [-0.2, -0.15) is 0 Å². The van der Waals surface area contributed by atoms with Crippen LogP contribution in [0.2, 0.25) is 5.02 Å². The summed E-state index contributed by atoms with van der Waals surface area (Å²) in [4.78, 5) is 31.3. The highest BCUT2D eigenvalue weighted by Crippen LogP contribution is 2.26. The summed E-state index contributed by atoms with van der Waals surface area (Å²) in [6, 6.07) is 16.4. The number of hydrogen-bond acceptors (Lipinski definition) is 5. The smallest absolute Gasteiger partial charge is 0.338 e. The Labute approximate surface area is 194 Å². The molecule has 0 unspecified atom stereocenters. The maximum Gasteiger partial charge on any atom is 0.338 e. The van der Waals surface area contributed by atoms with Crippen LogP contribution in [0.5, 0.6) is 0 Å². The van der Waals surface area contributed by atoms with Gasteiger partial charge >= 0.3 is 5.97 Å². The zero-order valence-electron chi connectivity index (χ0n) is 17.6. The predicted molar refractivity (Wildman–Crippen MR) is 128 cm³/mol. The van der Waals surface area contributed by atoms with Crippen molar-refractivity contribution in [1.82, 2.24) is 4.57 Å². The van der Waals surface area contributed by atoms with E-state index >= 15 is 0 Å². The minimum atomic E-state index is -0.613. The van der Waals surface area contributed by atoms with Crippen LogP contribution in [0.1, 0.15) is 31.0 Å². The van der Waals surface area contributed by atoms with E-state index in [1.807, 2.05) is 60.7 Å². The van der Waals surface area contributed by atoms with Gasteiger partial charge < -0.3 is 4.74 Å². The molecule has 1 aliphatic heterocycles. The number of carbonyl (C=O) groups is 1. The maximum absolute atomic E-state index is 13.4. The van der Waals surface area contributed by atoms with Gasteiger partial charge in [0.05, 0.1) is 28.5 Å². The van der Waals surface area contributed by atoms with Crippen LogP contribution in [0.3, 0.4) is 0 Å². The van der Waals surface area contributed by atoms with Gasteiger partial charge in [0.25, 0.3) is 5.56 Å². The van der Waals surface area contributed by atoms with Crippen LogP contribution in [-0.2, 0) is 9.53 Å². The van der Waals surface area contributed by atoms with Crippen molar-refractivity contribution in [2.75, 3.05) is 6.61 Å². The Morgan fingerprint density at radius 3 is 2.56 bits per heavy atom. The second-order valence-corrected chi connectivity index (χ2v) is 8.61. The lowest BCUT2D eigenvalue weighted by Crippen LogP contribution is -2.38. The quantitative estimate of drug-likeness (QED) is 0.534. The number of hydrogen-bond donors (Lipinski definition) is 0. The van der Waals surface area contributed by atoms with E-state index in [1.165, 1.54) is 11.3 Å². The molecule has 0 fully saturated rings. The first-order valence-corrected chi connectivity index (χ1v) is 11.4. The summed E-state index contributed by atoms with van der Waals surface area (Å²) in [5.74, 6) is -0.469. The third-order valence-corrected chi connectivity index (χ3v) is 6.23. The van der Waals surface area contributed by atoms with Crippen molar-refractivity contribution in [3.63, 3.8) is 0 Å².